The summed E-state index contributed by atoms with van der Waals surface area (Å²) in [6.07, 6.45) is 2.26. The molecular formula is C17H27N3. The lowest BCUT2D eigenvalue weighted by atomic mass is 10.1. The molecule has 0 heterocycles. The van der Waals surface area contributed by atoms with Gasteiger partial charge in [0.1, 0.15) is 0 Å². The zero-order valence-corrected chi connectivity index (χ0v) is 13.2. The Morgan fingerprint density at radius 2 is 1.90 bits per heavy atom. The van der Waals surface area contributed by atoms with E-state index in [0.717, 1.165) is 31.4 Å². The third-order valence-corrected chi connectivity index (χ3v) is 3.73. The molecule has 1 fully saturated rings. The fraction of sp³-hybridized carbons (Fsp3) is 0.588. The Bertz CT molecular complexity index is 459. The molecule has 0 radical (unpaired) electrons. The molecule has 0 aromatic heterocycles. The molecule has 1 aliphatic carbocycles. The van der Waals surface area contributed by atoms with Gasteiger partial charge in [-0.3, -0.25) is 4.99 Å². The van der Waals surface area contributed by atoms with Crippen LogP contribution in [0.1, 0.15) is 37.0 Å². The first-order valence-electron chi connectivity index (χ1n) is 7.70. The molecule has 20 heavy (non-hydrogen) atoms. The summed E-state index contributed by atoms with van der Waals surface area (Å²) >= 11 is 0. The van der Waals surface area contributed by atoms with Gasteiger partial charge in [-0.1, -0.05) is 36.2 Å². The monoisotopic (exact) mass is 273 g/mol. The van der Waals surface area contributed by atoms with Crippen molar-refractivity contribution in [2.75, 3.05) is 13.1 Å². The first-order chi connectivity index (χ1) is 9.58. The fourth-order valence-corrected chi connectivity index (χ4v) is 2.53. The van der Waals surface area contributed by atoms with Crippen molar-refractivity contribution in [3.63, 3.8) is 0 Å². The van der Waals surface area contributed by atoms with Gasteiger partial charge in [0.2, 0.25) is 0 Å². The molecule has 2 unspecified atom stereocenters. The van der Waals surface area contributed by atoms with Gasteiger partial charge in [-0.15, -0.1) is 0 Å². The van der Waals surface area contributed by atoms with Gasteiger partial charge >= 0.3 is 0 Å². The van der Waals surface area contributed by atoms with E-state index in [4.69, 9.17) is 0 Å². The molecule has 1 saturated carbocycles. The highest BCUT2D eigenvalue weighted by molar-refractivity contribution is 5.80. The van der Waals surface area contributed by atoms with E-state index in [1.54, 1.807) is 0 Å². The molecule has 0 aliphatic heterocycles. The lowest BCUT2D eigenvalue weighted by Gasteiger charge is -2.11. The van der Waals surface area contributed by atoms with Crippen LogP contribution in [-0.4, -0.2) is 25.1 Å². The standard InChI is InChI=1S/C17H27N3/c1-5-18-17(20-16-11-14(16)4)19-7-6-15-9-12(2)8-13(3)10-15/h8-10,14,16H,5-7,11H2,1-4H3,(H2,18,19,20). The van der Waals surface area contributed by atoms with Crippen LogP contribution in [-0.2, 0) is 6.42 Å². The van der Waals surface area contributed by atoms with Gasteiger partial charge in [-0.05, 0) is 45.1 Å². The van der Waals surface area contributed by atoms with Crippen LogP contribution < -0.4 is 10.6 Å². The van der Waals surface area contributed by atoms with Crippen molar-refractivity contribution in [1.29, 1.82) is 0 Å². The maximum atomic E-state index is 4.68. The highest BCUT2D eigenvalue weighted by atomic mass is 15.2. The third-order valence-electron chi connectivity index (χ3n) is 3.73. The lowest BCUT2D eigenvalue weighted by Crippen LogP contribution is -2.39. The molecule has 1 aromatic rings. The largest absolute Gasteiger partial charge is 0.357 e. The third kappa shape index (κ3) is 4.55. The van der Waals surface area contributed by atoms with Gasteiger partial charge in [-0.25, -0.2) is 0 Å². The number of hydrogen-bond donors (Lipinski definition) is 2. The van der Waals surface area contributed by atoms with Crippen molar-refractivity contribution in [2.45, 2.75) is 46.6 Å². The Labute approximate surface area is 122 Å². The molecule has 110 valence electrons. The Hall–Kier alpha value is -1.51. The number of rotatable bonds is 5. The van der Waals surface area contributed by atoms with Crippen LogP contribution in [0.3, 0.4) is 0 Å². The van der Waals surface area contributed by atoms with Crippen LogP contribution in [0, 0.1) is 19.8 Å². The fourth-order valence-electron chi connectivity index (χ4n) is 2.53. The average molecular weight is 273 g/mol. The lowest BCUT2D eigenvalue weighted by molar-refractivity contribution is 0.765. The zero-order chi connectivity index (χ0) is 14.5. The summed E-state index contributed by atoms with van der Waals surface area (Å²) in [6.45, 7) is 10.4. The molecular weight excluding hydrogens is 246 g/mol. The van der Waals surface area contributed by atoms with E-state index < -0.39 is 0 Å². The first-order valence-corrected chi connectivity index (χ1v) is 7.70. The first kappa shape index (κ1) is 14.9. The van der Waals surface area contributed by atoms with E-state index >= 15 is 0 Å². The minimum Gasteiger partial charge on any atom is -0.357 e. The quantitative estimate of drug-likeness (QED) is 0.639. The molecule has 2 rings (SSSR count). The minimum atomic E-state index is 0.619. The predicted octanol–water partition coefficient (Wildman–Crippen LogP) is 2.81. The number of aliphatic imine (C=N–C) groups is 1. The van der Waals surface area contributed by atoms with Crippen molar-refractivity contribution in [2.24, 2.45) is 10.9 Å². The molecule has 3 heteroatoms. The van der Waals surface area contributed by atoms with Gasteiger partial charge in [0.05, 0.1) is 0 Å². The molecule has 2 N–H and O–H groups in total. The summed E-state index contributed by atoms with van der Waals surface area (Å²) in [4.78, 5) is 4.68. The van der Waals surface area contributed by atoms with Crippen molar-refractivity contribution in [3.05, 3.63) is 34.9 Å². The van der Waals surface area contributed by atoms with Crippen molar-refractivity contribution in [1.82, 2.24) is 10.6 Å². The highest BCUT2D eigenvalue weighted by Gasteiger charge is 2.33. The molecule has 0 bridgehead atoms. The zero-order valence-electron chi connectivity index (χ0n) is 13.2. The van der Waals surface area contributed by atoms with E-state index in [9.17, 15) is 0 Å². The molecule has 2 atom stereocenters. The Balaban J connectivity index is 1.88. The van der Waals surface area contributed by atoms with Crippen LogP contribution in [0.5, 0.6) is 0 Å². The van der Waals surface area contributed by atoms with E-state index in [1.165, 1.54) is 23.1 Å². The van der Waals surface area contributed by atoms with Gasteiger partial charge in [0.25, 0.3) is 0 Å². The number of nitrogens with zero attached hydrogens (tertiary/aromatic N) is 1. The summed E-state index contributed by atoms with van der Waals surface area (Å²) in [7, 11) is 0. The van der Waals surface area contributed by atoms with E-state index in [2.05, 4.69) is 61.5 Å². The smallest absolute Gasteiger partial charge is 0.191 e. The van der Waals surface area contributed by atoms with E-state index in [0.29, 0.717) is 6.04 Å². The molecule has 1 aromatic carbocycles. The second kappa shape index (κ2) is 6.78. The Kier molecular flexibility index (Phi) is 5.05. The van der Waals surface area contributed by atoms with Crippen molar-refractivity contribution in [3.8, 4) is 0 Å². The van der Waals surface area contributed by atoms with Gasteiger partial charge < -0.3 is 10.6 Å². The second-order valence-electron chi connectivity index (χ2n) is 5.97. The summed E-state index contributed by atoms with van der Waals surface area (Å²) in [6, 6.07) is 7.35. The van der Waals surface area contributed by atoms with Gasteiger partial charge in [0.15, 0.2) is 5.96 Å². The maximum Gasteiger partial charge on any atom is 0.191 e. The summed E-state index contributed by atoms with van der Waals surface area (Å²) in [5.74, 6) is 1.75. The normalized spacial score (nSPS) is 21.7. The van der Waals surface area contributed by atoms with Crippen LogP contribution in [0.4, 0.5) is 0 Å². The number of guanidine groups is 1. The number of nitrogens with one attached hydrogen (secondary N) is 2. The topological polar surface area (TPSA) is 36.4 Å². The maximum absolute atomic E-state index is 4.68. The predicted molar refractivity (Wildman–Crippen MR) is 86.3 cm³/mol. The molecule has 3 nitrogen and oxygen atoms in total. The molecule has 0 amide bonds. The molecule has 0 saturated heterocycles. The van der Waals surface area contributed by atoms with E-state index in [-0.39, 0.29) is 0 Å². The Morgan fingerprint density at radius 1 is 1.25 bits per heavy atom. The summed E-state index contributed by atoms with van der Waals surface area (Å²) < 4.78 is 0. The number of hydrogen-bond acceptors (Lipinski definition) is 1. The van der Waals surface area contributed by atoms with Gasteiger partial charge in [0, 0.05) is 19.1 Å². The van der Waals surface area contributed by atoms with Crippen molar-refractivity contribution >= 4 is 5.96 Å². The number of aryl methyl sites for hydroxylation is 2. The highest BCUT2D eigenvalue weighted by Crippen LogP contribution is 2.28. The molecule has 0 spiro atoms. The molecule has 1 aliphatic rings. The van der Waals surface area contributed by atoms with E-state index in [1.807, 2.05) is 0 Å². The summed E-state index contributed by atoms with van der Waals surface area (Å²) in [5, 5.41) is 6.81. The van der Waals surface area contributed by atoms with Crippen molar-refractivity contribution < 1.29 is 0 Å². The minimum absolute atomic E-state index is 0.619. The van der Waals surface area contributed by atoms with Gasteiger partial charge in [-0.2, -0.15) is 0 Å². The van der Waals surface area contributed by atoms with Crippen LogP contribution >= 0.6 is 0 Å². The van der Waals surface area contributed by atoms with Crippen LogP contribution in [0.2, 0.25) is 0 Å². The Morgan fingerprint density at radius 3 is 2.45 bits per heavy atom. The SMILES string of the molecule is CCNC(=NCCc1cc(C)cc(C)c1)NC1CC1C. The second-order valence-corrected chi connectivity index (χ2v) is 5.97. The van der Waals surface area contributed by atoms with Crippen LogP contribution in [0.15, 0.2) is 23.2 Å². The van der Waals surface area contributed by atoms with Crippen LogP contribution in [0.25, 0.3) is 0 Å². The average Bonchev–Trinajstić information content (AvgIpc) is 3.03. The number of benzene rings is 1. The summed E-state index contributed by atoms with van der Waals surface area (Å²) in [5.41, 5.74) is 4.04.